The van der Waals surface area contributed by atoms with E-state index in [2.05, 4.69) is 46.8 Å². The van der Waals surface area contributed by atoms with Crippen LogP contribution in [0.15, 0.2) is 49.2 Å². The van der Waals surface area contributed by atoms with Gasteiger partial charge in [-0.15, -0.1) is 0 Å². The third-order valence-corrected chi connectivity index (χ3v) is 3.19. The second kappa shape index (κ2) is 4.06. The van der Waals surface area contributed by atoms with Crippen molar-refractivity contribution in [3.63, 3.8) is 0 Å². The number of anilines is 2. The molecule has 1 aliphatic heterocycles. The molecule has 0 saturated heterocycles. The van der Waals surface area contributed by atoms with E-state index in [4.69, 9.17) is 0 Å². The van der Waals surface area contributed by atoms with Crippen molar-refractivity contribution in [2.75, 3.05) is 11.4 Å². The first-order chi connectivity index (χ1) is 8.40. The molecule has 1 aromatic heterocycles. The fourth-order valence-corrected chi connectivity index (χ4v) is 2.38. The monoisotopic (exact) mass is 222 g/mol. The molecule has 2 aromatic rings. The van der Waals surface area contributed by atoms with Crippen LogP contribution in [0.4, 0.5) is 11.4 Å². The van der Waals surface area contributed by atoms with Gasteiger partial charge in [0, 0.05) is 18.4 Å². The summed E-state index contributed by atoms with van der Waals surface area (Å²) in [6.45, 7) is 4.85. The summed E-state index contributed by atoms with van der Waals surface area (Å²) in [5.41, 5.74) is 4.80. The summed E-state index contributed by atoms with van der Waals surface area (Å²) in [5.74, 6) is 0. The van der Waals surface area contributed by atoms with Gasteiger partial charge in [0.05, 0.1) is 11.4 Å². The third-order valence-electron chi connectivity index (χ3n) is 3.19. The molecule has 0 amide bonds. The van der Waals surface area contributed by atoms with Crippen molar-refractivity contribution in [1.82, 2.24) is 4.98 Å². The maximum atomic E-state index is 4.35. The summed E-state index contributed by atoms with van der Waals surface area (Å²) >= 11 is 0. The lowest BCUT2D eigenvalue weighted by Gasteiger charge is -2.20. The molecule has 0 aliphatic carbocycles. The number of benzene rings is 1. The third kappa shape index (κ3) is 1.62. The van der Waals surface area contributed by atoms with E-state index in [0.29, 0.717) is 0 Å². The predicted octanol–water partition coefficient (Wildman–Crippen LogP) is 3.42. The summed E-state index contributed by atoms with van der Waals surface area (Å²) < 4.78 is 0. The maximum Gasteiger partial charge on any atom is 0.0860 e. The van der Waals surface area contributed by atoms with Gasteiger partial charge in [-0.25, -0.2) is 0 Å². The second-order valence-electron chi connectivity index (χ2n) is 4.14. The van der Waals surface area contributed by atoms with Crippen LogP contribution in [0.1, 0.15) is 11.3 Å². The first-order valence-corrected chi connectivity index (χ1v) is 5.83. The molecule has 0 saturated carbocycles. The lowest BCUT2D eigenvalue weighted by atomic mass is 10.2. The van der Waals surface area contributed by atoms with Crippen LogP contribution < -0.4 is 4.90 Å². The minimum Gasteiger partial charge on any atom is -0.339 e. The zero-order valence-electron chi connectivity index (χ0n) is 9.63. The fraction of sp³-hybridized carbons (Fsp3) is 0.133. The van der Waals surface area contributed by atoms with Gasteiger partial charge in [0.2, 0.25) is 0 Å². The van der Waals surface area contributed by atoms with Crippen LogP contribution in [0.3, 0.4) is 0 Å². The Morgan fingerprint density at radius 2 is 1.94 bits per heavy atom. The summed E-state index contributed by atoms with van der Waals surface area (Å²) in [6.07, 6.45) is 4.72. The number of pyridine rings is 1. The lowest BCUT2D eigenvalue weighted by Crippen LogP contribution is -2.14. The van der Waals surface area contributed by atoms with Crippen LogP contribution in [0.2, 0.25) is 0 Å². The summed E-state index contributed by atoms with van der Waals surface area (Å²) in [5, 5.41) is 0. The Morgan fingerprint density at radius 3 is 2.82 bits per heavy atom. The van der Waals surface area contributed by atoms with Crippen molar-refractivity contribution in [1.29, 1.82) is 0 Å². The van der Waals surface area contributed by atoms with Crippen molar-refractivity contribution in [2.24, 2.45) is 0 Å². The number of fused-ring (bicyclic) bond motifs is 1. The Morgan fingerprint density at radius 1 is 1.12 bits per heavy atom. The predicted molar refractivity (Wildman–Crippen MR) is 71.5 cm³/mol. The average molecular weight is 222 g/mol. The van der Waals surface area contributed by atoms with Gasteiger partial charge in [-0.1, -0.05) is 24.8 Å². The molecular formula is C15H14N2. The van der Waals surface area contributed by atoms with Gasteiger partial charge in [-0.2, -0.15) is 0 Å². The molecule has 17 heavy (non-hydrogen) atoms. The number of hydrogen-bond donors (Lipinski definition) is 0. The second-order valence-corrected chi connectivity index (χ2v) is 4.14. The summed E-state index contributed by atoms with van der Waals surface area (Å²) in [4.78, 5) is 6.67. The van der Waals surface area contributed by atoms with Crippen LogP contribution in [-0.2, 0) is 6.42 Å². The van der Waals surface area contributed by atoms with Gasteiger partial charge in [-0.05, 0) is 36.3 Å². The molecule has 0 N–H and O–H groups in total. The van der Waals surface area contributed by atoms with E-state index in [1.807, 2.05) is 18.3 Å². The van der Waals surface area contributed by atoms with Crippen LogP contribution in [0.25, 0.3) is 6.08 Å². The maximum absolute atomic E-state index is 4.35. The number of rotatable bonds is 2. The Labute approximate surface area is 101 Å². The SMILES string of the molecule is C=Cc1ncccc1N1CCc2ccccc21. The summed E-state index contributed by atoms with van der Waals surface area (Å²) in [6, 6.07) is 12.6. The minimum atomic E-state index is 0.948. The van der Waals surface area contributed by atoms with E-state index in [1.165, 1.54) is 11.3 Å². The Balaban J connectivity index is 2.10. The Hall–Kier alpha value is -2.09. The van der Waals surface area contributed by atoms with Crippen LogP contribution >= 0.6 is 0 Å². The fourth-order valence-electron chi connectivity index (χ4n) is 2.38. The van der Waals surface area contributed by atoms with Gasteiger partial charge in [0.15, 0.2) is 0 Å². The van der Waals surface area contributed by atoms with E-state index in [-0.39, 0.29) is 0 Å². The number of aromatic nitrogens is 1. The zero-order valence-corrected chi connectivity index (χ0v) is 9.63. The van der Waals surface area contributed by atoms with Gasteiger partial charge < -0.3 is 4.90 Å². The molecule has 1 aliphatic rings. The van der Waals surface area contributed by atoms with Crippen LogP contribution in [-0.4, -0.2) is 11.5 Å². The molecule has 0 spiro atoms. The van der Waals surface area contributed by atoms with Gasteiger partial charge in [-0.3, -0.25) is 4.98 Å². The van der Waals surface area contributed by atoms with Crippen molar-refractivity contribution in [3.05, 3.63) is 60.4 Å². The highest BCUT2D eigenvalue weighted by Crippen LogP contribution is 2.35. The molecule has 0 radical (unpaired) electrons. The van der Waals surface area contributed by atoms with Gasteiger partial charge in [0.1, 0.15) is 0 Å². The largest absolute Gasteiger partial charge is 0.339 e. The quantitative estimate of drug-likeness (QED) is 0.774. The average Bonchev–Trinajstić information content (AvgIpc) is 2.82. The standard InChI is InChI=1S/C15H14N2/c1-2-13-15(8-5-10-16-13)17-11-9-12-6-3-4-7-14(12)17/h2-8,10H,1,9,11H2. The van der Waals surface area contributed by atoms with E-state index in [1.54, 1.807) is 0 Å². The topological polar surface area (TPSA) is 16.1 Å². The molecular weight excluding hydrogens is 208 g/mol. The highest BCUT2D eigenvalue weighted by molar-refractivity contribution is 5.75. The number of para-hydroxylation sites is 1. The number of hydrogen-bond acceptors (Lipinski definition) is 2. The highest BCUT2D eigenvalue weighted by atomic mass is 15.2. The Kier molecular flexibility index (Phi) is 2.41. The first kappa shape index (κ1) is 10.1. The van der Waals surface area contributed by atoms with Crippen molar-refractivity contribution in [3.8, 4) is 0 Å². The molecule has 84 valence electrons. The molecule has 2 heteroatoms. The van der Waals surface area contributed by atoms with Crippen molar-refractivity contribution in [2.45, 2.75) is 6.42 Å². The zero-order chi connectivity index (χ0) is 11.7. The van der Waals surface area contributed by atoms with Gasteiger partial charge >= 0.3 is 0 Å². The minimum absolute atomic E-state index is 0.948. The van der Waals surface area contributed by atoms with E-state index < -0.39 is 0 Å². The van der Waals surface area contributed by atoms with Crippen molar-refractivity contribution >= 4 is 17.5 Å². The van der Waals surface area contributed by atoms with Crippen molar-refractivity contribution < 1.29 is 0 Å². The van der Waals surface area contributed by atoms with Gasteiger partial charge in [0.25, 0.3) is 0 Å². The molecule has 0 atom stereocenters. The molecule has 2 nitrogen and oxygen atoms in total. The van der Waals surface area contributed by atoms with Crippen LogP contribution in [0, 0.1) is 0 Å². The highest BCUT2D eigenvalue weighted by Gasteiger charge is 2.21. The molecule has 1 aromatic carbocycles. The molecule has 3 rings (SSSR count). The lowest BCUT2D eigenvalue weighted by molar-refractivity contribution is 0.990. The first-order valence-electron chi connectivity index (χ1n) is 5.83. The normalized spacial score (nSPS) is 13.5. The van der Waals surface area contributed by atoms with E-state index >= 15 is 0 Å². The van der Waals surface area contributed by atoms with E-state index in [9.17, 15) is 0 Å². The molecule has 0 bridgehead atoms. The summed E-state index contributed by atoms with van der Waals surface area (Å²) in [7, 11) is 0. The number of nitrogens with zero attached hydrogens (tertiary/aromatic N) is 2. The molecule has 2 heterocycles. The molecule has 0 unspecified atom stereocenters. The smallest absolute Gasteiger partial charge is 0.0860 e. The molecule has 0 fully saturated rings. The van der Waals surface area contributed by atoms with E-state index in [0.717, 1.165) is 24.3 Å². The van der Waals surface area contributed by atoms with Crippen LogP contribution in [0.5, 0.6) is 0 Å². The Bertz CT molecular complexity index is 560.